The molecule has 0 aliphatic carbocycles. The second-order valence-corrected chi connectivity index (χ2v) is 3.40. The number of anilines is 2. The van der Waals surface area contributed by atoms with Crippen LogP contribution in [0.5, 0.6) is 0 Å². The number of nitrogens with one attached hydrogen (secondary N) is 1. The number of nitrogens with zero attached hydrogens (tertiary/aromatic N) is 4. The van der Waals surface area contributed by atoms with Gasteiger partial charge in [-0.2, -0.15) is 0 Å². The van der Waals surface area contributed by atoms with E-state index in [2.05, 4.69) is 20.3 Å². The van der Waals surface area contributed by atoms with Gasteiger partial charge in [-0.25, -0.2) is 14.4 Å². The van der Waals surface area contributed by atoms with E-state index in [9.17, 15) is 14.5 Å². The van der Waals surface area contributed by atoms with Crippen LogP contribution in [0.2, 0.25) is 0 Å². The van der Waals surface area contributed by atoms with E-state index in [4.69, 9.17) is 0 Å². The Balaban J connectivity index is 2.39. The molecule has 1 N–H and O–H groups in total. The summed E-state index contributed by atoms with van der Waals surface area (Å²) in [4.78, 5) is 21.6. The smallest absolute Gasteiger partial charge is 0.296 e. The maximum Gasteiger partial charge on any atom is 0.296 e. The SMILES string of the molecule is Cc1nccc([N+](=O)[O-])c1Nc1ncc(F)cn1. The summed E-state index contributed by atoms with van der Waals surface area (Å²) in [6.07, 6.45) is 3.27. The normalized spacial score (nSPS) is 10.1. The van der Waals surface area contributed by atoms with Crippen LogP contribution in [0.3, 0.4) is 0 Å². The van der Waals surface area contributed by atoms with E-state index in [0.717, 1.165) is 12.4 Å². The van der Waals surface area contributed by atoms with Crippen LogP contribution in [0.4, 0.5) is 21.7 Å². The largest absolute Gasteiger partial charge is 0.317 e. The summed E-state index contributed by atoms with van der Waals surface area (Å²) in [5.74, 6) is -0.520. The van der Waals surface area contributed by atoms with Crippen molar-refractivity contribution in [2.24, 2.45) is 0 Å². The van der Waals surface area contributed by atoms with Gasteiger partial charge in [-0.05, 0) is 6.92 Å². The fourth-order valence-electron chi connectivity index (χ4n) is 1.35. The number of nitro groups is 1. The van der Waals surface area contributed by atoms with E-state index in [1.165, 1.54) is 12.3 Å². The van der Waals surface area contributed by atoms with Gasteiger partial charge in [-0.1, -0.05) is 0 Å². The maximum atomic E-state index is 12.6. The lowest BCUT2D eigenvalue weighted by molar-refractivity contribution is -0.384. The molecule has 2 aromatic rings. The monoisotopic (exact) mass is 249 g/mol. The van der Waals surface area contributed by atoms with Gasteiger partial charge in [0.2, 0.25) is 5.95 Å². The molecule has 0 radical (unpaired) electrons. The first kappa shape index (κ1) is 11.8. The lowest BCUT2D eigenvalue weighted by Gasteiger charge is -2.07. The van der Waals surface area contributed by atoms with E-state index in [-0.39, 0.29) is 17.3 Å². The van der Waals surface area contributed by atoms with Crippen molar-refractivity contribution in [1.29, 1.82) is 0 Å². The molecule has 0 saturated carbocycles. The molecular weight excluding hydrogens is 241 g/mol. The number of rotatable bonds is 3. The van der Waals surface area contributed by atoms with Gasteiger partial charge in [-0.15, -0.1) is 0 Å². The number of aromatic nitrogens is 3. The number of halogens is 1. The topological polar surface area (TPSA) is 93.8 Å². The Morgan fingerprint density at radius 3 is 2.61 bits per heavy atom. The molecule has 8 heteroatoms. The van der Waals surface area contributed by atoms with Crippen molar-refractivity contribution in [2.75, 3.05) is 5.32 Å². The lowest BCUT2D eigenvalue weighted by atomic mass is 10.2. The van der Waals surface area contributed by atoms with Gasteiger partial charge in [0.1, 0.15) is 5.69 Å². The fourth-order valence-corrected chi connectivity index (χ4v) is 1.35. The summed E-state index contributed by atoms with van der Waals surface area (Å²) in [7, 11) is 0. The molecule has 2 rings (SSSR count). The summed E-state index contributed by atoms with van der Waals surface area (Å²) >= 11 is 0. The highest BCUT2D eigenvalue weighted by Gasteiger charge is 2.17. The van der Waals surface area contributed by atoms with Crippen LogP contribution in [0, 0.1) is 22.9 Å². The van der Waals surface area contributed by atoms with E-state index < -0.39 is 10.7 Å². The van der Waals surface area contributed by atoms with Gasteiger partial charge in [0.05, 0.1) is 23.0 Å². The summed E-state index contributed by atoms with van der Waals surface area (Å²) in [6.45, 7) is 1.61. The molecule has 92 valence electrons. The second-order valence-electron chi connectivity index (χ2n) is 3.40. The summed E-state index contributed by atoms with van der Waals surface area (Å²) in [6, 6.07) is 1.26. The van der Waals surface area contributed by atoms with E-state index >= 15 is 0 Å². The van der Waals surface area contributed by atoms with Gasteiger partial charge in [0, 0.05) is 12.3 Å². The first-order valence-corrected chi connectivity index (χ1v) is 4.92. The Morgan fingerprint density at radius 1 is 1.33 bits per heavy atom. The average Bonchev–Trinajstić information content (AvgIpc) is 2.34. The van der Waals surface area contributed by atoms with Crippen LogP contribution >= 0.6 is 0 Å². The Morgan fingerprint density at radius 2 is 2.00 bits per heavy atom. The molecule has 18 heavy (non-hydrogen) atoms. The first-order chi connectivity index (χ1) is 8.58. The fraction of sp³-hybridized carbons (Fsp3) is 0.100. The highest BCUT2D eigenvalue weighted by molar-refractivity contribution is 5.68. The minimum Gasteiger partial charge on any atom is -0.317 e. The predicted molar refractivity (Wildman–Crippen MR) is 60.9 cm³/mol. The molecule has 0 amide bonds. The molecule has 7 nitrogen and oxygen atoms in total. The van der Waals surface area contributed by atoms with Crippen LogP contribution in [0.1, 0.15) is 5.69 Å². The first-order valence-electron chi connectivity index (χ1n) is 4.92. The average molecular weight is 249 g/mol. The molecule has 0 aliphatic heterocycles. The van der Waals surface area contributed by atoms with Crippen molar-refractivity contribution in [2.45, 2.75) is 6.92 Å². The zero-order valence-corrected chi connectivity index (χ0v) is 9.29. The predicted octanol–water partition coefficient (Wildman–Crippen LogP) is 1.97. The summed E-state index contributed by atoms with van der Waals surface area (Å²) in [5, 5.41) is 13.5. The minimum absolute atomic E-state index is 0.0654. The summed E-state index contributed by atoms with van der Waals surface area (Å²) in [5.41, 5.74) is 0.474. The Bertz CT molecular complexity index is 587. The molecule has 0 saturated heterocycles. The molecule has 0 bridgehead atoms. The summed E-state index contributed by atoms with van der Waals surface area (Å²) < 4.78 is 12.6. The molecule has 0 aromatic carbocycles. The van der Waals surface area contributed by atoms with Crippen LogP contribution < -0.4 is 5.32 Å². The van der Waals surface area contributed by atoms with Crippen molar-refractivity contribution >= 4 is 17.3 Å². The third kappa shape index (κ3) is 2.37. The molecule has 2 heterocycles. The van der Waals surface area contributed by atoms with Crippen LogP contribution in [0.15, 0.2) is 24.7 Å². The van der Waals surface area contributed by atoms with Gasteiger partial charge in [0.15, 0.2) is 5.82 Å². The second kappa shape index (κ2) is 4.70. The standard InChI is InChI=1S/C10H8FN5O2/c1-6-9(8(16(17)18)2-3-12-6)15-10-13-4-7(11)5-14-10/h2-5H,1H3,(H,13,14,15). The number of hydrogen-bond acceptors (Lipinski definition) is 6. The molecule has 0 unspecified atom stereocenters. The molecule has 0 fully saturated rings. The Kier molecular flexibility index (Phi) is 3.09. The van der Waals surface area contributed by atoms with Gasteiger partial charge in [0.25, 0.3) is 5.69 Å². The van der Waals surface area contributed by atoms with Crippen LogP contribution in [-0.4, -0.2) is 19.9 Å². The molecule has 0 atom stereocenters. The lowest BCUT2D eigenvalue weighted by Crippen LogP contribution is -2.03. The van der Waals surface area contributed by atoms with E-state index in [0.29, 0.717) is 5.69 Å². The number of aryl methyl sites for hydroxylation is 1. The number of pyridine rings is 1. The molecule has 0 spiro atoms. The molecule has 0 aliphatic rings. The Hall–Kier alpha value is -2.64. The number of hydrogen-bond donors (Lipinski definition) is 1. The van der Waals surface area contributed by atoms with Crippen molar-refractivity contribution in [3.8, 4) is 0 Å². The maximum absolute atomic E-state index is 12.6. The third-order valence-electron chi connectivity index (χ3n) is 2.17. The van der Waals surface area contributed by atoms with E-state index in [1.807, 2.05) is 0 Å². The highest BCUT2D eigenvalue weighted by atomic mass is 19.1. The molecule has 2 aromatic heterocycles. The molecular formula is C10H8FN5O2. The van der Waals surface area contributed by atoms with Gasteiger partial charge < -0.3 is 5.32 Å². The van der Waals surface area contributed by atoms with Crippen molar-refractivity contribution < 1.29 is 9.31 Å². The Labute approximate surface area is 101 Å². The third-order valence-corrected chi connectivity index (χ3v) is 2.17. The zero-order valence-electron chi connectivity index (χ0n) is 9.29. The minimum atomic E-state index is -0.585. The zero-order chi connectivity index (χ0) is 13.1. The van der Waals surface area contributed by atoms with Crippen molar-refractivity contribution in [3.63, 3.8) is 0 Å². The highest BCUT2D eigenvalue weighted by Crippen LogP contribution is 2.27. The van der Waals surface area contributed by atoms with Crippen molar-refractivity contribution in [1.82, 2.24) is 15.0 Å². The van der Waals surface area contributed by atoms with Crippen molar-refractivity contribution in [3.05, 3.63) is 46.3 Å². The quantitative estimate of drug-likeness (QED) is 0.660. The van der Waals surface area contributed by atoms with E-state index in [1.54, 1.807) is 6.92 Å². The van der Waals surface area contributed by atoms with Gasteiger partial charge in [-0.3, -0.25) is 15.1 Å². The van der Waals surface area contributed by atoms with Gasteiger partial charge >= 0.3 is 0 Å². The van der Waals surface area contributed by atoms with Crippen LogP contribution in [-0.2, 0) is 0 Å². The van der Waals surface area contributed by atoms with Crippen LogP contribution in [0.25, 0.3) is 0 Å².